The van der Waals surface area contributed by atoms with Gasteiger partial charge < -0.3 is 5.41 Å². The Kier molecular flexibility index (Phi) is 7.40. The summed E-state index contributed by atoms with van der Waals surface area (Å²) < 4.78 is 6.15. The Balaban J connectivity index is 1.83. The minimum Gasteiger partial charge on any atom is -0.308 e. The van der Waals surface area contributed by atoms with E-state index < -0.39 is 0 Å². The van der Waals surface area contributed by atoms with Gasteiger partial charge in [-0.3, -0.25) is 9.13 Å². The highest BCUT2D eigenvalue weighted by molar-refractivity contribution is 8.17. The molecule has 1 N–H and O–H groups in total. The molecule has 0 bridgehead atoms. The van der Waals surface area contributed by atoms with Crippen molar-refractivity contribution >= 4 is 40.6 Å². The van der Waals surface area contributed by atoms with Crippen LogP contribution >= 0.6 is 23.7 Å². The smallest absolute Gasteiger partial charge is 0.308 e. The van der Waals surface area contributed by atoms with Crippen molar-refractivity contribution in [2.75, 3.05) is 18.8 Å². The minimum absolute atomic E-state index is 0.00583. The second-order valence-electron chi connectivity index (χ2n) is 9.37. The van der Waals surface area contributed by atoms with Gasteiger partial charge in [0.25, 0.3) is 0 Å². The zero-order chi connectivity index (χ0) is 22.1. The molecule has 1 saturated heterocycles. The van der Waals surface area contributed by atoms with Gasteiger partial charge in [0, 0.05) is 44.0 Å². The highest BCUT2D eigenvalue weighted by Crippen LogP contribution is 2.35. The Morgan fingerprint density at radius 2 is 2.10 bits per heavy atom. The Bertz CT molecular complexity index is 959. The number of fused-ring (bicyclic) bond motifs is 1. The number of nitrogens with one attached hydrogen (secondary N) is 1. The summed E-state index contributed by atoms with van der Waals surface area (Å²) in [5.74, 6) is 1.37. The first-order valence-corrected chi connectivity index (χ1v) is 12.6. The molecule has 3 rings (SSSR count). The fourth-order valence-corrected chi connectivity index (χ4v) is 6.44. The van der Waals surface area contributed by atoms with Crippen molar-refractivity contribution in [1.82, 2.24) is 18.4 Å². The van der Waals surface area contributed by atoms with Crippen LogP contribution in [-0.2, 0) is 13.6 Å². The molecule has 0 spiro atoms. The number of aryl methyl sites for hydroxylation is 1. The van der Waals surface area contributed by atoms with E-state index in [-0.39, 0.29) is 15.7 Å². The monoisotopic (exact) mass is 449 g/mol. The van der Waals surface area contributed by atoms with Gasteiger partial charge in [-0.15, -0.1) is 11.8 Å². The molecule has 0 amide bonds. The first-order chi connectivity index (χ1) is 14.1. The van der Waals surface area contributed by atoms with E-state index in [1.54, 1.807) is 16.5 Å². The van der Waals surface area contributed by atoms with Gasteiger partial charge in [0.1, 0.15) is 4.58 Å². The van der Waals surface area contributed by atoms with Crippen LogP contribution in [0.1, 0.15) is 59.1 Å². The number of imidazole rings is 1. The van der Waals surface area contributed by atoms with Gasteiger partial charge in [0.15, 0.2) is 5.65 Å². The molecule has 2 aromatic heterocycles. The van der Waals surface area contributed by atoms with Gasteiger partial charge in [-0.1, -0.05) is 39.6 Å². The zero-order valence-corrected chi connectivity index (χ0v) is 20.7. The summed E-state index contributed by atoms with van der Waals surface area (Å²) in [5, 5.41) is 8.07. The summed E-state index contributed by atoms with van der Waals surface area (Å²) in [4.78, 5) is 17.8. The van der Waals surface area contributed by atoms with Gasteiger partial charge in [0.2, 0.25) is 0 Å². The Morgan fingerprint density at radius 1 is 1.37 bits per heavy atom. The van der Waals surface area contributed by atoms with E-state index in [4.69, 9.17) is 10.4 Å². The number of thioether (sulfide) groups is 1. The molecule has 3 heterocycles. The molecule has 0 radical (unpaired) electrons. The van der Waals surface area contributed by atoms with E-state index in [1.807, 2.05) is 30.3 Å². The van der Waals surface area contributed by atoms with Crippen LogP contribution in [0.5, 0.6) is 0 Å². The Morgan fingerprint density at radius 3 is 2.73 bits per heavy atom. The Hall–Kier alpha value is -1.25. The van der Waals surface area contributed by atoms with Gasteiger partial charge in [-0.25, -0.2) is 14.1 Å². The maximum atomic E-state index is 12.8. The molecule has 0 saturated carbocycles. The standard InChI is InChI=1S/C22H35N5OS2/c1-7-29-20(15(2)23)30-26-12-8-9-16(13-26)17-10-11-18-19(24-17)25(6)21(28)27(18)14-22(3,4)5/h10-11,16,20,23H,7-9,12-14H2,1-6H3. The second-order valence-corrected chi connectivity index (χ2v) is 12.2. The highest BCUT2D eigenvalue weighted by atomic mass is 32.2. The number of aromatic nitrogens is 3. The van der Waals surface area contributed by atoms with Crippen LogP contribution < -0.4 is 5.69 Å². The molecule has 0 aliphatic carbocycles. The third-order valence-electron chi connectivity index (χ3n) is 5.35. The van der Waals surface area contributed by atoms with Gasteiger partial charge in [0.05, 0.1) is 5.52 Å². The third kappa shape index (κ3) is 5.32. The lowest BCUT2D eigenvalue weighted by Gasteiger charge is -2.33. The predicted octanol–water partition coefficient (Wildman–Crippen LogP) is 4.73. The van der Waals surface area contributed by atoms with E-state index in [0.717, 1.165) is 54.3 Å². The lowest BCUT2D eigenvalue weighted by Crippen LogP contribution is -2.32. The molecule has 30 heavy (non-hydrogen) atoms. The number of nitrogens with zero attached hydrogens (tertiary/aromatic N) is 4. The van der Waals surface area contributed by atoms with Crippen molar-refractivity contribution in [2.45, 2.75) is 64.5 Å². The second kappa shape index (κ2) is 9.49. The predicted molar refractivity (Wildman–Crippen MR) is 131 cm³/mol. The van der Waals surface area contributed by atoms with Gasteiger partial charge >= 0.3 is 5.69 Å². The number of piperidine rings is 1. The van der Waals surface area contributed by atoms with Crippen molar-refractivity contribution in [3.8, 4) is 0 Å². The van der Waals surface area contributed by atoms with Crippen LogP contribution in [-0.4, -0.2) is 47.6 Å². The number of pyridine rings is 1. The van der Waals surface area contributed by atoms with E-state index in [0.29, 0.717) is 12.5 Å². The maximum absolute atomic E-state index is 12.8. The maximum Gasteiger partial charge on any atom is 0.330 e. The van der Waals surface area contributed by atoms with Crippen molar-refractivity contribution in [1.29, 1.82) is 5.41 Å². The zero-order valence-electron chi connectivity index (χ0n) is 19.1. The van der Waals surface area contributed by atoms with Crippen molar-refractivity contribution < 1.29 is 0 Å². The van der Waals surface area contributed by atoms with Crippen molar-refractivity contribution in [2.24, 2.45) is 12.5 Å². The quantitative estimate of drug-likeness (QED) is 0.376. The Labute approximate surface area is 188 Å². The van der Waals surface area contributed by atoms with Crippen LogP contribution in [0.15, 0.2) is 16.9 Å². The molecule has 2 unspecified atom stereocenters. The fourth-order valence-electron chi connectivity index (χ4n) is 3.94. The summed E-state index contributed by atoms with van der Waals surface area (Å²) in [6, 6.07) is 4.19. The summed E-state index contributed by atoms with van der Waals surface area (Å²) >= 11 is 3.63. The molecule has 1 fully saturated rings. The van der Waals surface area contributed by atoms with E-state index in [2.05, 4.69) is 44.1 Å². The minimum atomic E-state index is 0.00583. The molecular formula is C22H35N5OS2. The van der Waals surface area contributed by atoms with Crippen LogP contribution in [0.2, 0.25) is 0 Å². The molecule has 1 aliphatic rings. The number of hydrogen-bond donors (Lipinski definition) is 1. The average Bonchev–Trinajstić information content (AvgIpc) is 2.91. The molecule has 6 nitrogen and oxygen atoms in total. The molecule has 2 atom stereocenters. The summed E-state index contributed by atoms with van der Waals surface area (Å²) in [5.41, 5.74) is 3.53. The number of hydrogen-bond acceptors (Lipinski definition) is 6. The molecule has 2 aromatic rings. The van der Waals surface area contributed by atoms with Crippen LogP contribution in [0, 0.1) is 10.8 Å². The van der Waals surface area contributed by atoms with E-state index in [1.165, 1.54) is 0 Å². The summed E-state index contributed by atoms with van der Waals surface area (Å²) in [7, 11) is 1.82. The molecule has 0 aromatic carbocycles. The van der Waals surface area contributed by atoms with E-state index in [9.17, 15) is 4.79 Å². The lowest BCUT2D eigenvalue weighted by molar-refractivity contribution is 0.339. The van der Waals surface area contributed by atoms with Crippen LogP contribution in [0.4, 0.5) is 0 Å². The third-order valence-corrected chi connectivity index (χ3v) is 8.18. The molecule has 166 valence electrons. The van der Waals surface area contributed by atoms with E-state index >= 15 is 0 Å². The first-order valence-electron chi connectivity index (χ1n) is 10.7. The van der Waals surface area contributed by atoms with Gasteiger partial charge in [-0.05, 0) is 43.1 Å². The first kappa shape index (κ1) is 23.4. The fraction of sp³-hybridized carbons (Fsp3) is 0.682. The topological polar surface area (TPSA) is 66.9 Å². The van der Waals surface area contributed by atoms with Crippen molar-refractivity contribution in [3.05, 3.63) is 28.3 Å². The summed E-state index contributed by atoms with van der Waals surface area (Å²) in [6.07, 6.45) is 2.24. The summed E-state index contributed by atoms with van der Waals surface area (Å²) in [6.45, 7) is 13.2. The van der Waals surface area contributed by atoms with Crippen LogP contribution in [0.3, 0.4) is 0 Å². The lowest BCUT2D eigenvalue weighted by atomic mass is 9.95. The molecule has 8 heteroatoms. The normalized spacial score (nSPS) is 19.3. The molecular weight excluding hydrogens is 414 g/mol. The molecule has 1 aliphatic heterocycles. The van der Waals surface area contributed by atoms with Crippen molar-refractivity contribution in [3.63, 3.8) is 0 Å². The van der Waals surface area contributed by atoms with Crippen LogP contribution in [0.25, 0.3) is 11.2 Å². The largest absolute Gasteiger partial charge is 0.330 e. The van der Waals surface area contributed by atoms with Gasteiger partial charge in [-0.2, -0.15) is 0 Å². The number of rotatable bonds is 7. The SMILES string of the molecule is CCSC(SN1CCCC(c2ccc3c(n2)n(C)c(=O)n3CC(C)(C)C)C1)C(C)=N. The highest BCUT2D eigenvalue weighted by Gasteiger charge is 2.27. The average molecular weight is 450 g/mol.